The van der Waals surface area contributed by atoms with Crippen LogP contribution >= 0.6 is 0 Å². The first-order valence-electron chi connectivity index (χ1n) is 7.21. The number of halogens is 1. The van der Waals surface area contributed by atoms with E-state index in [0.29, 0.717) is 16.9 Å². The Kier molecular flexibility index (Phi) is 3.93. The SMILES string of the molecule is Cc1nn(C)cc1C(=O)Nc1ccccc1-c1ccc(F)cc1. The Morgan fingerprint density at radius 2 is 1.83 bits per heavy atom. The van der Waals surface area contributed by atoms with Crippen molar-refractivity contribution in [3.63, 3.8) is 0 Å². The monoisotopic (exact) mass is 309 g/mol. The van der Waals surface area contributed by atoms with Gasteiger partial charge in [0.15, 0.2) is 0 Å². The van der Waals surface area contributed by atoms with Gasteiger partial charge in [0.05, 0.1) is 11.3 Å². The summed E-state index contributed by atoms with van der Waals surface area (Å²) in [4.78, 5) is 12.5. The summed E-state index contributed by atoms with van der Waals surface area (Å²) in [5, 5.41) is 7.09. The molecule has 23 heavy (non-hydrogen) atoms. The van der Waals surface area contributed by atoms with Crippen LogP contribution in [0.3, 0.4) is 0 Å². The molecule has 116 valence electrons. The third-order valence-electron chi connectivity index (χ3n) is 3.59. The molecule has 3 aromatic rings. The number of carbonyl (C=O) groups excluding carboxylic acids is 1. The van der Waals surface area contributed by atoms with Crippen molar-refractivity contribution in [1.29, 1.82) is 0 Å². The van der Waals surface area contributed by atoms with Crippen LogP contribution in [0.4, 0.5) is 10.1 Å². The van der Waals surface area contributed by atoms with Crippen LogP contribution in [0.1, 0.15) is 16.1 Å². The van der Waals surface area contributed by atoms with E-state index < -0.39 is 0 Å². The minimum absolute atomic E-state index is 0.217. The van der Waals surface area contributed by atoms with Crippen LogP contribution in [0.5, 0.6) is 0 Å². The molecule has 5 heteroatoms. The minimum Gasteiger partial charge on any atom is -0.321 e. The van der Waals surface area contributed by atoms with E-state index in [1.54, 1.807) is 37.0 Å². The summed E-state index contributed by atoms with van der Waals surface area (Å²) in [5.41, 5.74) is 3.55. The maximum atomic E-state index is 13.1. The highest BCUT2D eigenvalue weighted by atomic mass is 19.1. The van der Waals surface area contributed by atoms with Crippen molar-refractivity contribution in [3.05, 3.63) is 71.8 Å². The second-order valence-corrected chi connectivity index (χ2v) is 5.31. The molecule has 1 N–H and O–H groups in total. The van der Waals surface area contributed by atoms with E-state index in [1.165, 1.54) is 12.1 Å². The van der Waals surface area contributed by atoms with Gasteiger partial charge in [-0.1, -0.05) is 30.3 Å². The van der Waals surface area contributed by atoms with Crippen LogP contribution in [0.15, 0.2) is 54.7 Å². The molecule has 1 aromatic heterocycles. The van der Waals surface area contributed by atoms with Gasteiger partial charge in [0, 0.05) is 24.5 Å². The van der Waals surface area contributed by atoms with Crippen molar-refractivity contribution < 1.29 is 9.18 Å². The van der Waals surface area contributed by atoms with Gasteiger partial charge in [-0.15, -0.1) is 0 Å². The van der Waals surface area contributed by atoms with Crippen molar-refractivity contribution in [3.8, 4) is 11.1 Å². The minimum atomic E-state index is -0.291. The van der Waals surface area contributed by atoms with Gasteiger partial charge >= 0.3 is 0 Å². The third kappa shape index (κ3) is 3.13. The lowest BCUT2D eigenvalue weighted by molar-refractivity contribution is 0.102. The fourth-order valence-electron chi connectivity index (χ4n) is 2.49. The molecule has 1 amide bonds. The standard InChI is InChI=1S/C18H16FN3O/c1-12-16(11-22(2)21-12)18(23)20-17-6-4-3-5-15(17)13-7-9-14(19)10-8-13/h3-11H,1-2H3,(H,20,23). The summed E-state index contributed by atoms with van der Waals surface area (Å²) in [7, 11) is 1.77. The molecule has 1 heterocycles. The highest BCUT2D eigenvalue weighted by Gasteiger charge is 2.14. The van der Waals surface area contributed by atoms with Gasteiger partial charge < -0.3 is 5.32 Å². The van der Waals surface area contributed by atoms with E-state index in [-0.39, 0.29) is 11.7 Å². The molecule has 0 saturated carbocycles. The number of amides is 1. The van der Waals surface area contributed by atoms with Gasteiger partial charge in [-0.2, -0.15) is 5.10 Å². The average Bonchev–Trinajstić information content (AvgIpc) is 2.87. The topological polar surface area (TPSA) is 46.9 Å². The fraction of sp³-hybridized carbons (Fsp3) is 0.111. The van der Waals surface area contributed by atoms with Crippen LogP contribution in [-0.2, 0) is 7.05 Å². The predicted molar refractivity (Wildman–Crippen MR) is 87.7 cm³/mol. The lowest BCUT2D eigenvalue weighted by Crippen LogP contribution is -2.13. The number of benzene rings is 2. The molecule has 0 unspecified atom stereocenters. The number of anilines is 1. The first-order valence-corrected chi connectivity index (χ1v) is 7.21. The zero-order valence-corrected chi connectivity index (χ0v) is 12.9. The Morgan fingerprint density at radius 3 is 2.48 bits per heavy atom. The Morgan fingerprint density at radius 1 is 1.13 bits per heavy atom. The summed E-state index contributed by atoms with van der Waals surface area (Å²) in [6.45, 7) is 1.79. The highest BCUT2D eigenvalue weighted by Crippen LogP contribution is 2.28. The predicted octanol–water partition coefficient (Wildman–Crippen LogP) is 3.79. The lowest BCUT2D eigenvalue weighted by Gasteiger charge is -2.11. The molecule has 0 bridgehead atoms. The molecule has 0 saturated heterocycles. The Balaban J connectivity index is 1.93. The van der Waals surface area contributed by atoms with E-state index in [9.17, 15) is 9.18 Å². The number of aromatic nitrogens is 2. The first kappa shape index (κ1) is 15.0. The lowest BCUT2D eigenvalue weighted by atomic mass is 10.0. The highest BCUT2D eigenvalue weighted by molar-refractivity contribution is 6.06. The average molecular weight is 309 g/mol. The molecular weight excluding hydrogens is 293 g/mol. The van der Waals surface area contributed by atoms with Gasteiger partial charge in [0.1, 0.15) is 5.82 Å². The number of nitrogens with zero attached hydrogens (tertiary/aromatic N) is 2. The van der Waals surface area contributed by atoms with Crippen LogP contribution in [-0.4, -0.2) is 15.7 Å². The number of carbonyl (C=O) groups is 1. The maximum absolute atomic E-state index is 13.1. The second kappa shape index (κ2) is 6.04. The Bertz CT molecular complexity index is 853. The van der Waals surface area contributed by atoms with E-state index in [2.05, 4.69) is 10.4 Å². The molecule has 4 nitrogen and oxygen atoms in total. The van der Waals surface area contributed by atoms with Gasteiger partial charge in [-0.3, -0.25) is 9.48 Å². The van der Waals surface area contributed by atoms with Crippen LogP contribution in [0, 0.1) is 12.7 Å². The van der Waals surface area contributed by atoms with Gasteiger partial charge in [-0.25, -0.2) is 4.39 Å². The number of nitrogens with one attached hydrogen (secondary N) is 1. The van der Waals surface area contributed by atoms with Gasteiger partial charge in [-0.05, 0) is 30.7 Å². The quantitative estimate of drug-likeness (QED) is 0.800. The summed E-state index contributed by atoms with van der Waals surface area (Å²) >= 11 is 0. The van der Waals surface area contributed by atoms with E-state index in [4.69, 9.17) is 0 Å². The fourth-order valence-corrected chi connectivity index (χ4v) is 2.49. The summed E-state index contributed by atoms with van der Waals surface area (Å²) in [5.74, 6) is -0.508. The summed E-state index contributed by atoms with van der Waals surface area (Å²) in [6, 6.07) is 13.6. The molecule has 0 spiro atoms. The van der Waals surface area contributed by atoms with E-state index >= 15 is 0 Å². The molecule has 0 aliphatic heterocycles. The Labute approximate surface area is 133 Å². The van der Waals surface area contributed by atoms with Crippen LogP contribution < -0.4 is 5.32 Å². The maximum Gasteiger partial charge on any atom is 0.259 e. The zero-order chi connectivity index (χ0) is 16.4. The number of para-hydroxylation sites is 1. The van der Waals surface area contributed by atoms with Crippen molar-refractivity contribution >= 4 is 11.6 Å². The van der Waals surface area contributed by atoms with Crippen molar-refractivity contribution in [2.45, 2.75) is 6.92 Å². The number of rotatable bonds is 3. The molecule has 3 rings (SSSR count). The summed E-state index contributed by atoms with van der Waals surface area (Å²) < 4.78 is 14.7. The molecule has 0 atom stereocenters. The molecule has 0 radical (unpaired) electrons. The molecule has 2 aromatic carbocycles. The van der Waals surface area contributed by atoms with Gasteiger partial charge in [0.2, 0.25) is 0 Å². The van der Waals surface area contributed by atoms with Crippen molar-refractivity contribution in [2.24, 2.45) is 7.05 Å². The first-order chi connectivity index (χ1) is 11.0. The molecule has 0 aliphatic carbocycles. The zero-order valence-electron chi connectivity index (χ0n) is 12.9. The number of hydrogen-bond acceptors (Lipinski definition) is 2. The third-order valence-corrected chi connectivity index (χ3v) is 3.59. The van der Waals surface area contributed by atoms with Crippen LogP contribution in [0.25, 0.3) is 11.1 Å². The largest absolute Gasteiger partial charge is 0.321 e. The number of aryl methyl sites for hydroxylation is 2. The molecule has 0 fully saturated rings. The van der Waals surface area contributed by atoms with Gasteiger partial charge in [0.25, 0.3) is 5.91 Å². The van der Waals surface area contributed by atoms with Crippen molar-refractivity contribution in [1.82, 2.24) is 9.78 Å². The van der Waals surface area contributed by atoms with E-state index in [1.807, 2.05) is 24.3 Å². The number of hydrogen-bond donors (Lipinski definition) is 1. The summed E-state index contributed by atoms with van der Waals surface area (Å²) in [6.07, 6.45) is 1.69. The second-order valence-electron chi connectivity index (χ2n) is 5.31. The molecule has 0 aliphatic rings. The smallest absolute Gasteiger partial charge is 0.259 e. The van der Waals surface area contributed by atoms with Crippen molar-refractivity contribution in [2.75, 3.05) is 5.32 Å². The Hall–Kier alpha value is -2.95. The van der Waals surface area contributed by atoms with E-state index in [0.717, 1.165) is 11.1 Å². The molecular formula is C18H16FN3O. The normalized spacial score (nSPS) is 10.6. The van der Waals surface area contributed by atoms with Crippen LogP contribution in [0.2, 0.25) is 0 Å².